The first kappa shape index (κ1) is 15.1. The van der Waals surface area contributed by atoms with Gasteiger partial charge in [0.1, 0.15) is 0 Å². The third-order valence-electron chi connectivity index (χ3n) is 4.76. The molecule has 6 nitrogen and oxygen atoms in total. The summed E-state index contributed by atoms with van der Waals surface area (Å²) in [7, 11) is 0. The van der Waals surface area contributed by atoms with Gasteiger partial charge in [0.25, 0.3) is 0 Å². The van der Waals surface area contributed by atoms with Crippen molar-refractivity contribution in [3.8, 4) is 0 Å². The number of rotatable bonds is 6. The van der Waals surface area contributed by atoms with Gasteiger partial charge in [-0.1, -0.05) is 0 Å². The summed E-state index contributed by atoms with van der Waals surface area (Å²) in [5.74, 6) is 0.563. The second-order valence-electron chi connectivity index (χ2n) is 6.57. The molecule has 6 heteroatoms. The minimum Gasteiger partial charge on any atom is -0.356 e. The number of H-pyrrole nitrogens is 1. The molecule has 1 aliphatic carbocycles. The molecule has 1 saturated carbocycles. The average molecular weight is 304 g/mol. The van der Waals surface area contributed by atoms with E-state index in [2.05, 4.69) is 15.5 Å². The Kier molecular flexibility index (Phi) is 4.18. The topological polar surface area (TPSA) is 78.1 Å². The molecule has 0 spiro atoms. The number of hydrogen-bond donors (Lipinski definition) is 2. The van der Waals surface area contributed by atoms with Crippen molar-refractivity contribution in [1.29, 1.82) is 0 Å². The van der Waals surface area contributed by atoms with Crippen molar-refractivity contribution < 1.29 is 9.59 Å². The van der Waals surface area contributed by atoms with Crippen molar-refractivity contribution in [2.45, 2.75) is 52.0 Å². The standard InChI is InChI=1S/C16H24N4O2/c1-10-11(2)18-19-14(10)5-6-15(21)17-8-12-7-16(22)20(9-12)13-3-4-13/h12-13H,3-9H2,1-2H3,(H,17,21)(H,18,19)/t12-/m1/s1. The number of aryl methyl sites for hydroxylation is 2. The van der Waals surface area contributed by atoms with Gasteiger partial charge in [-0.2, -0.15) is 5.10 Å². The van der Waals surface area contributed by atoms with E-state index in [1.165, 1.54) is 0 Å². The predicted octanol–water partition coefficient (Wildman–Crippen LogP) is 1.09. The number of hydrogen-bond acceptors (Lipinski definition) is 3. The zero-order valence-corrected chi connectivity index (χ0v) is 13.3. The summed E-state index contributed by atoms with van der Waals surface area (Å²) in [6.45, 7) is 5.41. The normalized spacial score (nSPS) is 21.5. The van der Waals surface area contributed by atoms with Crippen molar-refractivity contribution in [2.75, 3.05) is 13.1 Å². The second-order valence-corrected chi connectivity index (χ2v) is 6.57. The highest BCUT2D eigenvalue weighted by Crippen LogP contribution is 2.32. The smallest absolute Gasteiger partial charge is 0.223 e. The fourth-order valence-corrected chi connectivity index (χ4v) is 3.04. The first-order valence-corrected chi connectivity index (χ1v) is 8.11. The predicted molar refractivity (Wildman–Crippen MR) is 82.2 cm³/mol. The quantitative estimate of drug-likeness (QED) is 0.825. The molecule has 1 saturated heterocycles. The molecule has 0 unspecified atom stereocenters. The minimum atomic E-state index is 0.0392. The number of amides is 2. The van der Waals surface area contributed by atoms with Gasteiger partial charge in [0.05, 0.1) is 5.69 Å². The van der Waals surface area contributed by atoms with Gasteiger partial charge in [0, 0.05) is 50.0 Å². The van der Waals surface area contributed by atoms with Crippen LogP contribution in [0.3, 0.4) is 0 Å². The van der Waals surface area contributed by atoms with Crippen LogP contribution in [0.1, 0.15) is 42.6 Å². The van der Waals surface area contributed by atoms with Crippen molar-refractivity contribution in [3.63, 3.8) is 0 Å². The van der Waals surface area contributed by atoms with Gasteiger partial charge in [-0.05, 0) is 32.3 Å². The van der Waals surface area contributed by atoms with E-state index in [4.69, 9.17) is 0 Å². The maximum atomic E-state index is 12.0. The molecule has 1 aromatic heterocycles. The Morgan fingerprint density at radius 2 is 2.18 bits per heavy atom. The summed E-state index contributed by atoms with van der Waals surface area (Å²) < 4.78 is 0. The van der Waals surface area contributed by atoms with Gasteiger partial charge in [-0.3, -0.25) is 14.7 Å². The third-order valence-corrected chi connectivity index (χ3v) is 4.76. The molecule has 2 fully saturated rings. The maximum absolute atomic E-state index is 12.0. The number of aromatic nitrogens is 2. The SMILES string of the molecule is Cc1[nH]nc(CCC(=O)NC[C@H]2CC(=O)N(C3CC3)C2)c1C. The van der Waals surface area contributed by atoms with E-state index < -0.39 is 0 Å². The van der Waals surface area contributed by atoms with Crippen LogP contribution >= 0.6 is 0 Å². The summed E-state index contributed by atoms with van der Waals surface area (Å²) in [4.78, 5) is 25.8. The van der Waals surface area contributed by atoms with Crippen molar-refractivity contribution >= 4 is 11.8 Å². The molecule has 1 atom stereocenters. The zero-order chi connectivity index (χ0) is 15.7. The lowest BCUT2D eigenvalue weighted by atomic mass is 10.1. The molecule has 2 amide bonds. The van der Waals surface area contributed by atoms with Crippen LogP contribution in [0.25, 0.3) is 0 Å². The van der Waals surface area contributed by atoms with Gasteiger partial charge < -0.3 is 10.2 Å². The van der Waals surface area contributed by atoms with E-state index in [9.17, 15) is 9.59 Å². The molecule has 3 rings (SSSR count). The van der Waals surface area contributed by atoms with E-state index in [1.807, 2.05) is 18.7 Å². The number of carbonyl (C=O) groups is 2. The number of carbonyl (C=O) groups excluding carboxylic acids is 2. The Labute approximate surface area is 130 Å². The average Bonchev–Trinajstić information content (AvgIpc) is 3.20. The summed E-state index contributed by atoms with van der Waals surface area (Å²) in [6, 6.07) is 0.485. The monoisotopic (exact) mass is 304 g/mol. The Morgan fingerprint density at radius 1 is 1.41 bits per heavy atom. The Balaban J connectivity index is 1.39. The molecule has 0 aromatic carbocycles. The summed E-state index contributed by atoms with van der Waals surface area (Å²) >= 11 is 0. The molecular formula is C16H24N4O2. The number of nitrogens with zero attached hydrogens (tertiary/aromatic N) is 2. The van der Waals surface area contributed by atoms with Crippen LogP contribution < -0.4 is 5.32 Å². The highest BCUT2D eigenvalue weighted by molar-refractivity contribution is 5.80. The van der Waals surface area contributed by atoms with Gasteiger partial charge >= 0.3 is 0 Å². The lowest BCUT2D eigenvalue weighted by Crippen LogP contribution is -2.32. The van der Waals surface area contributed by atoms with E-state index in [0.29, 0.717) is 31.8 Å². The van der Waals surface area contributed by atoms with Crippen LogP contribution in [-0.4, -0.2) is 46.0 Å². The highest BCUT2D eigenvalue weighted by atomic mass is 16.2. The van der Waals surface area contributed by atoms with Crippen molar-refractivity contribution in [1.82, 2.24) is 20.4 Å². The molecule has 1 aliphatic heterocycles. The molecule has 120 valence electrons. The van der Waals surface area contributed by atoms with Crippen LogP contribution in [0.5, 0.6) is 0 Å². The van der Waals surface area contributed by atoms with Gasteiger partial charge in [0.15, 0.2) is 0 Å². The number of likely N-dealkylation sites (tertiary alicyclic amines) is 1. The Bertz CT molecular complexity index is 577. The number of aromatic amines is 1. The van der Waals surface area contributed by atoms with Crippen LogP contribution in [0.2, 0.25) is 0 Å². The lowest BCUT2D eigenvalue weighted by molar-refractivity contribution is -0.128. The Hall–Kier alpha value is -1.85. The molecular weight excluding hydrogens is 280 g/mol. The van der Waals surface area contributed by atoms with Crippen LogP contribution in [0.4, 0.5) is 0 Å². The third kappa shape index (κ3) is 3.31. The zero-order valence-electron chi connectivity index (χ0n) is 13.3. The van der Waals surface area contributed by atoms with Crippen LogP contribution in [0, 0.1) is 19.8 Å². The maximum Gasteiger partial charge on any atom is 0.223 e. The Morgan fingerprint density at radius 3 is 2.82 bits per heavy atom. The lowest BCUT2D eigenvalue weighted by Gasteiger charge is -2.15. The van der Waals surface area contributed by atoms with Crippen LogP contribution in [0.15, 0.2) is 0 Å². The minimum absolute atomic E-state index is 0.0392. The molecule has 2 heterocycles. The molecule has 0 bridgehead atoms. The first-order chi connectivity index (χ1) is 10.5. The molecule has 22 heavy (non-hydrogen) atoms. The van der Waals surface area contributed by atoms with E-state index >= 15 is 0 Å². The fourth-order valence-electron chi connectivity index (χ4n) is 3.04. The summed E-state index contributed by atoms with van der Waals surface area (Å²) in [5.41, 5.74) is 3.15. The van der Waals surface area contributed by atoms with Gasteiger partial charge in [-0.15, -0.1) is 0 Å². The molecule has 0 radical (unpaired) electrons. The number of nitrogens with one attached hydrogen (secondary N) is 2. The largest absolute Gasteiger partial charge is 0.356 e. The summed E-state index contributed by atoms with van der Waals surface area (Å²) in [6.07, 6.45) is 3.97. The van der Waals surface area contributed by atoms with Gasteiger partial charge in [-0.25, -0.2) is 0 Å². The summed E-state index contributed by atoms with van der Waals surface area (Å²) in [5, 5.41) is 10.1. The van der Waals surface area contributed by atoms with Crippen molar-refractivity contribution in [2.24, 2.45) is 5.92 Å². The van der Waals surface area contributed by atoms with Gasteiger partial charge in [0.2, 0.25) is 11.8 Å². The molecule has 2 aliphatic rings. The van der Waals surface area contributed by atoms with E-state index in [-0.39, 0.29) is 17.7 Å². The molecule has 1 aromatic rings. The van der Waals surface area contributed by atoms with Crippen LogP contribution in [-0.2, 0) is 16.0 Å². The first-order valence-electron chi connectivity index (χ1n) is 8.11. The molecule has 2 N–H and O–H groups in total. The second kappa shape index (κ2) is 6.10. The fraction of sp³-hybridized carbons (Fsp3) is 0.688. The van der Waals surface area contributed by atoms with E-state index in [1.54, 1.807) is 0 Å². The van der Waals surface area contributed by atoms with Crippen molar-refractivity contribution in [3.05, 3.63) is 17.0 Å². The van der Waals surface area contributed by atoms with E-state index in [0.717, 1.165) is 36.3 Å². The highest BCUT2D eigenvalue weighted by Gasteiger charge is 2.39.